The zero-order valence-corrected chi connectivity index (χ0v) is 11.0. The van der Waals surface area contributed by atoms with Gasteiger partial charge in [-0.3, -0.25) is 29.3 Å². The highest BCUT2D eigenvalue weighted by molar-refractivity contribution is 7.86. The first-order valence-electron chi connectivity index (χ1n) is 4.98. The summed E-state index contributed by atoms with van der Waals surface area (Å²) in [6.45, 7) is 0. The van der Waals surface area contributed by atoms with Crippen LogP contribution in [0.15, 0.2) is 49.6 Å². The summed E-state index contributed by atoms with van der Waals surface area (Å²) in [4.78, 5) is 24.4. The molecule has 0 aromatic carbocycles. The van der Waals surface area contributed by atoms with E-state index in [4.69, 9.17) is 9.66 Å². The third-order valence-electron chi connectivity index (χ3n) is 1.26. The number of rotatable bonds is 2. The molecule has 0 radical (unpaired) electrons. The molecule has 20 heavy (non-hydrogen) atoms. The molecule has 2 heterocycles. The second-order valence-corrected chi connectivity index (χ2v) is 4.36. The highest BCUT2D eigenvalue weighted by atomic mass is 32.2. The summed E-state index contributed by atoms with van der Waals surface area (Å²) >= 11 is 0. The van der Waals surface area contributed by atoms with Gasteiger partial charge in [-0.05, 0) is 0 Å². The van der Waals surface area contributed by atoms with E-state index in [1.165, 1.54) is 0 Å². The maximum absolute atomic E-state index is 9.62. The average Bonchev–Trinajstić information content (AvgIpc) is 2.41. The number of carboxylic acids is 1. The van der Waals surface area contributed by atoms with Crippen molar-refractivity contribution in [3.63, 3.8) is 0 Å². The van der Waals surface area contributed by atoms with Crippen molar-refractivity contribution in [2.24, 2.45) is 0 Å². The van der Waals surface area contributed by atoms with Gasteiger partial charge in [0.05, 0.1) is 0 Å². The minimum Gasteiger partial charge on any atom is -0.480 e. The highest BCUT2D eigenvalue weighted by Gasteiger charge is 2.09. The van der Waals surface area contributed by atoms with Gasteiger partial charge in [0.1, 0.15) is 0 Å². The maximum atomic E-state index is 9.62. The quantitative estimate of drug-likeness (QED) is 0.727. The topological polar surface area (TPSA) is 143 Å². The molecule has 0 fully saturated rings. The average molecular weight is 300 g/mol. The molecule has 0 saturated heterocycles. The molecule has 10 heteroatoms. The van der Waals surface area contributed by atoms with Gasteiger partial charge in [0.2, 0.25) is 0 Å². The molecule has 2 aromatic heterocycles. The Balaban J connectivity index is 0.000000274. The Morgan fingerprint density at radius 3 is 1.10 bits per heavy atom. The Bertz CT molecular complexity index is 480. The monoisotopic (exact) mass is 300 g/mol. The van der Waals surface area contributed by atoms with Crippen molar-refractivity contribution in [2.45, 2.75) is 0 Å². The van der Waals surface area contributed by atoms with Gasteiger partial charge in [-0.15, -0.1) is 0 Å². The number of hydrogen-bond acceptors (Lipinski definition) is 7. The van der Waals surface area contributed by atoms with Crippen LogP contribution in [0.2, 0.25) is 0 Å². The zero-order valence-electron chi connectivity index (χ0n) is 10.1. The van der Waals surface area contributed by atoms with Crippen LogP contribution in [0.1, 0.15) is 0 Å². The van der Waals surface area contributed by atoms with E-state index in [2.05, 4.69) is 19.9 Å². The molecule has 2 rings (SSSR count). The van der Waals surface area contributed by atoms with Gasteiger partial charge in [0.15, 0.2) is 5.75 Å². The van der Waals surface area contributed by atoms with Crippen LogP contribution < -0.4 is 0 Å². The van der Waals surface area contributed by atoms with Crippen molar-refractivity contribution in [3.8, 4) is 0 Å². The van der Waals surface area contributed by atoms with Crippen LogP contribution in [-0.2, 0) is 14.9 Å². The number of nitrogens with zero attached hydrogens (tertiary/aromatic N) is 4. The first-order chi connectivity index (χ1) is 9.42. The minimum atomic E-state index is -4.32. The number of aromatic nitrogens is 4. The van der Waals surface area contributed by atoms with Crippen LogP contribution in [-0.4, -0.2) is 49.7 Å². The van der Waals surface area contributed by atoms with Crippen molar-refractivity contribution in [3.05, 3.63) is 49.6 Å². The second kappa shape index (κ2) is 10.5. The van der Waals surface area contributed by atoms with Gasteiger partial charge in [0.25, 0.3) is 10.1 Å². The fraction of sp³-hybridized carbons (Fsp3) is 0.100. The lowest BCUT2D eigenvalue weighted by Crippen LogP contribution is -2.13. The van der Waals surface area contributed by atoms with Crippen molar-refractivity contribution >= 4 is 16.1 Å². The van der Waals surface area contributed by atoms with Crippen molar-refractivity contribution in [2.75, 3.05) is 5.75 Å². The standard InChI is InChI=1S/2C4H4N2.C2H4O5S/c2*1-2-6-4-3-5-1;3-2(4)1-8(5,6)7/h2*1-4H;1H2,(H,3,4)(H,5,6,7). The molecule has 2 aromatic rings. The molecule has 9 nitrogen and oxygen atoms in total. The van der Waals surface area contributed by atoms with Crippen molar-refractivity contribution < 1.29 is 22.9 Å². The van der Waals surface area contributed by atoms with Crippen molar-refractivity contribution in [1.82, 2.24) is 19.9 Å². The molecule has 0 spiro atoms. The molecule has 0 bridgehead atoms. The molecular formula is C10H12N4O5S. The molecule has 0 aliphatic rings. The molecule has 0 atom stereocenters. The maximum Gasteiger partial charge on any atom is 0.321 e. The highest BCUT2D eigenvalue weighted by Crippen LogP contribution is 1.78. The summed E-state index contributed by atoms with van der Waals surface area (Å²) in [7, 11) is -4.32. The summed E-state index contributed by atoms with van der Waals surface area (Å²) in [5.74, 6) is -2.79. The smallest absolute Gasteiger partial charge is 0.321 e. The predicted octanol–water partition coefficient (Wildman–Crippen LogP) is -0.0880. The van der Waals surface area contributed by atoms with Crippen LogP contribution >= 0.6 is 0 Å². The third-order valence-corrected chi connectivity index (χ3v) is 1.87. The Labute approximate surface area is 115 Å². The molecule has 108 valence electrons. The van der Waals surface area contributed by atoms with Crippen LogP contribution in [0.5, 0.6) is 0 Å². The van der Waals surface area contributed by atoms with Crippen LogP contribution in [0.25, 0.3) is 0 Å². The number of carboxylic acid groups (broad SMARTS) is 1. The van der Waals surface area contributed by atoms with Crippen molar-refractivity contribution in [1.29, 1.82) is 0 Å². The second-order valence-electron chi connectivity index (χ2n) is 2.91. The van der Waals surface area contributed by atoms with Crippen LogP contribution in [0, 0.1) is 0 Å². The van der Waals surface area contributed by atoms with E-state index in [-0.39, 0.29) is 0 Å². The van der Waals surface area contributed by atoms with E-state index >= 15 is 0 Å². The number of hydrogen-bond donors (Lipinski definition) is 2. The summed E-state index contributed by atoms with van der Waals surface area (Å²) in [6, 6.07) is 0. The number of carbonyl (C=O) groups is 1. The number of aliphatic carboxylic acids is 1. The lowest BCUT2D eigenvalue weighted by Gasteiger charge is -1.85. The van der Waals surface area contributed by atoms with Crippen LogP contribution in [0.3, 0.4) is 0 Å². The SMILES string of the molecule is O=C(O)CS(=O)(=O)O.c1cnccn1.c1cnccn1. The predicted molar refractivity (Wildman–Crippen MR) is 68.1 cm³/mol. The van der Waals surface area contributed by atoms with E-state index in [1.807, 2.05) is 0 Å². The minimum absolute atomic E-state index is 1.23. The van der Waals surface area contributed by atoms with Gasteiger partial charge in [0, 0.05) is 49.6 Å². The molecule has 0 aliphatic heterocycles. The summed E-state index contributed by atoms with van der Waals surface area (Å²) < 4.78 is 27.0. The fourth-order valence-corrected chi connectivity index (χ4v) is 0.975. The normalized spacial score (nSPS) is 9.25. The Morgan fingerprint density at radius 2 is 1.05 bits per heavy atom. The summed E-state index contributed by atoms with van der Waals surface area (Å²) in [6.07, 6.45) is 13.1. The van der Waals surface area contributed by atoms with E-state index in [0.29, 0.717) is 0 Å². The van der Waals surface area contributed by atoms with Gasteiger partial charge >= 0.3 is 5.97 Å². The summed E-state index contributed by atoms with van der Waals surface area (Å²) in [5, 5.41) is 7.71. The molecule has 0 saturated carbocycles. The first kappa shape index (κ1) is 17.5. The zero-order chi connectivity index (χ0) is 15.3. The van der Waals surface area contributed by atoms with Crippen LogP contribution in [0.4, 0.5) is 0 Å². The molecular weight excluding hydrogens is 288 g/mol. The summed E-state index contributed by atoms with van der Waals surface area (Å²) in [5.41, 5.74) is 0. The first-order valence-corrected chi connectivity index (χ1v) is 6.59. The van der Waals surface area contributed by atoms with Gasteiger partial charge in [-0.2, -0.15) is 8.42 Å². The Hall–Kier alpha value is -2.46. The Kier molecular flexibility index (Phi) is 9.17. The van der Waals surface area contributed by atoms with E-state index in [0.717, 1.165) is 0 Å². The van der Waals surface area contributed by atoms with Gasteiger partial charge in [-0.25, -0.2) is 0 Å². The van der Waals surface area contributed by atoms with E-state index < -0.39 is 21.8 Å². The lowest BCUT2D eigenvalue weighted by atomic mass is 10.8. The molecule has 2 N–H and O–H groups in total. The lowest BCUT2D eigenvalue weighted by molar-refractivity contribution is -0.134. The Morgan fingerprint density at radius 1 is 0.800 bits per heavy atom. The van der Waals surface area contributed by atoms with Gasteiger partial charge in [-0.1, -0.05) is 0 Å². The fourth-order valence-electron chi connectivity index (χ4n) is 0.663. The molecule has 0 aliphatic carbocycles. The van der Waals surface area contributed by atoms with E-state index in [1.54, 1.807) is 49.6 Å². The molecule has 0 unspecified atom stereocenters. The van der Waals surface area contributed by atoms with E-state index in [9.17, 15) is 13.2 Å². The largest absolute Gasteiger partial charge is 0.480 e. The van der Waals surface area contributed by atoms with Gasteiger partial charge < -0.3 is 5.11 Å². The molecule has 0 amide bonds. The third kappa shape index (κ3) is 15.5.